The van der Waals surface area contributed by atoms with Crippen molar-refractivity contribution < 1.29 is 4.79 Å². The highest BCUT2D eigenvalue weighted by atomic mass is 16.1. The van der Waals surface area contributed by atoms with Crippen molar-refractivity contribution in [1.29, 1.82) is 0 Å². The van der Waals surface area contributed by atoms with E-state index in [1.165, 1.54) is 0 Å². The van der Waals surface area contributed by atoms with Gasteiger partial charge in [0.25, 0.3) is 0 Å². The van der Waals surface area contributed by atoms with Crippen LogP contribution in [0, 0.1) is 0 Å². The molecule has 0 bridgehead atoms. The molecule has 0 saturated carbocycles. The van der Waals surface area contributed by atoms with Crippen LogP contribution in [0.2, 0.25) is 0 Å². The van der Waals surface area contributed by atoms with Gasteiger partial charge < -0.3 is 11.5 Å². The highest BCUT2D eigenvalue weighted by Gasteiger charge is 1.99. The molecular weight excluding hydrogens is 128 g/mol. The van der Waals surface area contributed by atoms with Crippen LogP contribution in [0.15, 0.2) is 11.6 Å². The lowest BCUT2D eigenvalue weighted by Gasteiger charge is -2.01. The summed E-state index contributed by atoms with van der Waals surface area (Å²) >= 11 is 0. The molecule has 10 heavy (non-hydrogen) atoms. The Bertz CT molecular complexity index is 152. The smallest absolute Gasteiger partial charge is 0.244 e. The average molecular weight is 142 g/mol. The predicted octanol–water partition coefficient (Wildman–Crippen LogP) is 0.155. The molecule has 0 aromatic heterocycles. The molecule has 1 amide bonds. The summed E-state index contributed by atoms with van der Waals surface area (Å²) in [4.78, 5) is 10.4. The molecule has 1 unspecified atom stereocenters. The first-order valence-electron chi connectivity index (χ1n) is 3.31. The van der Waals surface area contributed by atoms with Crippen molar-refractivity contribution in [2.75, 3.05) is 0 Å². The van der Waals surface area contributed by atoms with E-state index in [9.17, 15) is 4.79 Å². The van der Waals surface area contributed by atoms with E-state index in [-0.39, 0.29) is 6.04 Å². The van der Waals surface area contributed by atoms with Gasteiger partial charge in [-0.25, -0.2) is 0 Å². The average Bonchev–Trinajstić information content (AvgIpc) is 1.87. The summed E-state index contributed by atoms with van der Waals surface area (Å²) in [6.45, 7) is 3.62. The molecule has 3 heteroatoms. The summed E-state index contributed by atoms with van der Waals surface area (Å²) in [5, 5.41) is 0. The number of carbonyl (C=O) groups excluding carboxylic acids is 1. The van der Waals surface area contributed by atoms with E-state index in [2.05, 4.69) is 0 Å². The second-order valence-corrected chi connectivity index (χ2v) is 2.29. The van der Waals surface area contributed by atoms with Crippen LogP contribution >= 0.6 is 0 Å². The minimum atomic E-state index is -0.399. The highest BCUT2D eigenvalue weighted by molar-refractivity contribution is 5.91. The second kappa shape index (κ2) is 4.06. The first-order valence-corrected chi connectivity index (χ1v) is 3.31. The quantitative estimate of drug-likeness (QED) is 0.551. The van der Waals surface area contributed by atoms with Crippen molar-refractivity contribution in [1.82, 2.24) is 0 Å². The second-order valence-electron chi connectivity index (χ2n) is 2.29. The van der Waals surface area contributed by atoms with E-state index in [1.807, 2.05) is 6.92 Å². The van der Waals surface area contributed by atoms with Gasteiger partial charge in [0, 0.05) is 11.6 Å². The summed E-state index contributed by atoms with van der Waals surface area (Å²) in [6.07, 6.45) is 2.51. The summed E-state index contributed by atoms with van der Waals surface area (Å²) < 4.78 is 0. The van der Waals surface area contributed by atoms with E-state index in [4.69, 9.17) is 11.5 Å². The van der Waals surface area contributed by atoms with Gasteiger partial charge in [-0.15, -0.1) is 0 Å². The van der Waals surface area contributed by atoms with E-state index < -0.39 is 5.91 Å². The van der Waals surface area contributed by atoms with Crippen LogP contribution < -0.4 is 11.5 Å². The van der Waals surface area contributed by atoms with Crippen LogP contribution in [-0.2, 0) is 4.79 Å². The fourth-order valence-corrected chi connectivity index (χ4v) is 0.521. The van der Waals surface area contributed by atoms with E-state index >= 15 is 0 Å². The molecule has 0 saturated heterocycles. The van der Waals surface area contributed by atoms with E-state index in [0.717, 1.165) is 6.42 Å². The Morgan fingerprint density at radius 3 is 2.50 bits per heavy atom. The molecule has 4 N–H and O–H groups in total. The fraction of sp³-hybridized carbons (Fsp3) is 0.571. The molecule has 3 nitrogen and oxygen atoms in total. The first-order chi connectivity index (χ1) is 4.57. The largest absolute Gasteiger partial charge is 0.366 e. The molecule has 0 aliphatic heterocycles. The number of hydrogen-bond donors (Lipinski definition) is 2. The number of hydrogen-bond acceptors (Lipinski definition) is 2. The van der Waals surface area contributed by atoms with Crippen molar-refractivity contribution in [3.05, 3.63) is 11.6 Å². The third-order valence-electron chi connectivity index (χ3n) is 1.32. The Labute approximate surface area is 61.1 Å². The van der Waals surface area contributed by atoms with Crippen LogP contribution in [0.25, 0.3) is 0 Å². The monoisotopic (exact) mass is 142 g/mol. The minimum Gasteiger partial charge on any atom is -0.366 e. The first kappa shape index (κ1) is 9.17. The topological polar surface area (TPSA) is 69.1 Å². The standard InChI is InChI=1S/C7H14N2O/c1-3-6(8)4-5(2)7(9)10/h4,6H,3,8H2,1-2H3,(H2,9,10)/b5-4+. The van der Waals surface area contributed by atoms with Crippen molar-refractivity contribution >= 4 is 5.91 Å². The predicted molar refractivity (Wildman–Crippen MR) is 41.2 cm³/mol. The number of amides is 1. The van der Waals surface area contributed by atoms with Crippen LogP contribution in [0.5, 0.6) is 0 Å². The molecule has 0 aromatic carbocycles. The van der Waals surface area contributed by atoms with Gasteiger partial charge in [0.2, 0.25) is 5.91 Å². The molecule has 0 spiro atoms. The number of primary amides is 1. The normalized spacial score (nSPS) is 14.9. The molecule has 0 radical (unpaired) electrons. The summed E-state index contributed by atoms with van der Waals surface area (Å²) in [5.74, 6) is -0.399. The van der Waals surface area contributed by atoms with Crippen molar-refractivity contribution in [3.63, 3.8) is 0 Å². The Kier molecular flexibility index (Phi) is 3.72. The highest BCUT2D eigenvalue weighted by Crippen LogP contribution is 1.95. The Morgan fingerprint density at radius 2 is 2.20 bits per heavy atom. The summed E-state index contributed by atoms with van der Waals surface area (Å²) in [7, 11) is 0. The van der Waals surface area contributed by atoms with Gasteiger partial charge in [-0.1, -0.05) is 13.0 Å². The molecule has 0 rings (SSSR count). The van der Waals surface area contributed by atoms with Gasteiger partial charge in [0.15, 0.2) is 0 Å². The molecule has 0 fully saturated rings. The lowest BCUT2D eigenvalue weighted by atomic mass is 10.1. The lowest BCUT2D eigenvalue weighted by Crippen LogP contribution is -2.19. The lowest BCUT2D eigenvalue weighted by molar-refractivity contribution is -0.114. The Hall–Kier alpha value is -0.830. The fourth-order valence-electron chi connectivity index (χ4n) is 0.521. The zero-order chi connectivity index (χ0) is 8.15. The van der Waals surface area contributed by atoms with Crippen LogP contribution in [-0.4, -0.2) is 11.9 Å². The molecule has 1 atom stereocenters. The van der Waals surface area contributed by atoms with Crippen molar-refractivity contribution in [2.24, 2.45) is 11.5 Å². The van der Waals surface area contributed by atoms with Gasteiger partial charge >= 0.3 is 0 Å². The van der Waals surface area contributed by atoms with E-state index in [0.29, 0.717) is 5.57 Å². The summed E-state index contributed by atoms with van der Waals surface area (Å²) in [5.41, 5.74) is 11.0. The maximum Gasteiger partial charge on any atom is 0.244 e. The maximum absolute atomic E-state index is 10.4. The SMILES string of the molecule is CCC(N)/C=C(\C)C(N)=O. The molecule has 58 valence electrons. The van der Waals surface area contributed by atoms with Gasteiger partial charge in [-0.2, -0.15) is 0 Å². The van der Waals surface area contributed by atoms with Gasteiger partial charge in [0.1, 0.15) is 0 Å². The number of nitrogens with two attached hydrogens (primary N) is 2. The molecular formula is C7H14N2O. The third-order valence-corrected chi connectivity index (χ3v) is 1.32. The maximum atomic E-state index is 10.4. The minimum absolute atomic E-state index is 0.0486. The van der Waals surface area contributed by atoms with Gasteiger partial charge in [-0.3, -0.25) is 4.79 Å². The molecule has 0 aromatic rings. The zero-order valence-electron chi connectivity index (χ0n) is 6.42. The Balaban J connectivity index is 4.02. The van der Waals surface area contributed by atoms with Crippen LogP contribution in [0.3, 0.4) is 0 Å². The summed E-state index contributed by atoms with van der Waals surface area (Å²) in [6, 6.07) is -0.0486. The number of carbonyl (C=O) groups is 1. The van der Waals surface area contributed by atoms with Crippen molar-refractivity contribution in [2.45, 2.75) is 26.3 Å². The van der Waals surface area contributed by atoms with Crippen molar-refractivity contribution in [3.8, 4) is 0 Å². The van der Waals surface area contributed by atoms with Gasteiger partial charge in [0.05, 0.1) is 0 Å². The zero-order valence-corrected chi connectivity index (χ0v) is 6.42. The van der Waals surface area contributed by atoms with Crippen LogP contribution in [0.4, 0.5) is 0 Å². The molecule has 0 aliphatic rings. The Morgan fingerprint density at radius 1 is 1.70 bits per heavy atom. The molecule has 0 heterocycles. The number of rotatable bonds is 3. The molecule has 0 aliphatic carbocycles. The van der Waals surface area contributed by atoms with Crippen LogP contribution in [0.1, 0.15) is 20.3 Å². The van der Waals surface area contributed by atoms with Gasteiger partial charge in [-0.05, 0) is 13.3 Å². The van der Waals surface area contributed by atoms with E-state index in [1.54, 1.807) is 13.0 Å². The third kappa shape index (κ3) is 3.25.